The minimum atomic E-state index is 0.633. The lowest BCUT2D eigenvalue weighted by Crippen LogP contribution is -2.42. The van der Waals surface area contributed by atoms with E-state index in [2.05, 4.69) is 24.1 Å². The minimum absolute atomic E-state index is 0.633. The van der Waals surface area contributed by atoms with Crippen LogP contribution in [-0.4, -0.2) is 50.3 Å². The molecule has 116 valence electrons. The number of unbranched alkanes of at least 4 members (excludes halogenated alkanes) is 1. The second-order valence-electron chi connectivity index (χ2n) is 6.23. The largest absolute Gasteiger partial charge is 0.380 e. The van der Waals surface area contributed by atoms with Gasteiger partial charge < -0.3 is 15.0 Å². The van der Waals surface area contributed by atoms with E-state index in [-0.39, 0.29) is 0 Å². The van der Waals surface area contributed by atoms with Crippen LogP contribution in [0, 0.1) is 5.41 Å². The predicted octanol–water partition coefficient (Wildman–Crippen LogP) is 2.64. The molecule has 0 atom stereocenters. The van der Waals surface area contributed by atoms with Crippen molar-refractivity contribution in [2.45, 2.75) is 52.4 Å². The molecule has 4 heteroatoms. The fourth-order valence-corrected chi connectivity index (χ4v) is 3.19. The number of rotatable bonds is 7. The second kappa shape index (κ2) is 7.87. The summed E-state index contributed by atoms with van der Waals surface area (Å²) in [6.45, 7) is 10.0. The van der Waals surface area contributed by atoms with E-state index in [4.69, 9.17) is 9.73 Å². The minimum Gasteiger partial charge on any atom is -0.380 e. The molecule has 1 N–H and O–H groups in total. The zero-order valence-corrected chi connectivity index (χ0v) is 13.3. The highest BCUT2D eigenvalue weighted by molar-refractivity contribution is 5.80. The van der Waals surface area contributed by atoms with Crippen LogP contribution in [0.3, 0.4) is 0 Å². The molecule has 0 aromatic carbocycles. The molecule has 4 nitrogen and oxygen atoms in total. The van der Waals surface area contributed by atoms with Gasteiger partial charge >= 0.3 is 0 Å². The van der Waals surface area contributed by atoms with Gasteiger partial charge in [-0.2, -0.15) is 0 Å². The number of guanidine groups is 1. The van der Waals surface area contributed by atoms with Crippen molar-refractivity contribution in [3.05, 3.63) is 0 Å². The summed E-state index contributed by atoms with van der Waals surface area (Å²) in [5, 5.41) is 3.43. The van der Waals surface area contributed by atoms with E-state index in [1.54, 1.807) is 0 Å². The third kappa shape index (κ3) is 4.11. The molecule has 0 unspecified atom stereocenters. The van der Waals surface area contributed by atoms with Crippen LogP contribution in [0.1, 0.15) is 52.4 Å². The number of ether oxygens (including phenoxy) is 1. The monoisotopic (exact) mass is 281 g/mol. The first kappa shape index (κ1) is 15.6. The van der Waals surface area contributed by atoms with Gasteiger partial charge in [-0.1, -0.05) is 19.8 Å². The van der Waals surface area contributed by atoms with Crippen LogP contribution in [0.25, 0.3) is 0 Å². The topological polar surface area (TPSA) is 36.9 Å². The molecule has 1 aliphatic heterocycles. The molecular weight excluding hydrogens is 250 g/mol. The number of aliphatic imine (C=N–C) groups is 1. The Kier molecular flexibility index (Phi) is 6.14. The molecule has 2 aliphatic rings. The lowest BCUT2D eigenvalue weighted by Gasteiger charge is -2.38. The first-order chi connectivity index (χ1) is 9.79. The van der Waals surface area contributed by atoms with Crippen molar-refractivity contribution in [3.8, 4) is 0 Å². The van der Waals surface area contributed by atoms with E-state index < -0.39 is 0 Å². The van der Waals surface area contributed by atoms with Gasteiger partial charge in [0.25, 0.3) is 0 Å². The van der Waals surface area contributed by atoms with Crippen LogP contribution in [0.5, 0.6) is 0 Å². The van der Waals surface area contributed by atoms with E-state index in [1.807, 2.05) is 0 Å². The Balaban J connectivity index is 1.74. The maximum Gasteiger partial charge on any atom is 0.194 e. The number of hydrogen-bond donors (Lipinski definition) is 1. The maximum atomic E-state index is 5.59. The molecule has 20 heavy (non-hydrogen) atoms. The molecule has 0 aromatic rings. The van der Waals surface area contributed by atoms with E-state index in [9.17, 15) is 0 Å². The maximum absolute atomic E-state index is 5.59. The molecule has 1 spiro atoms. The highest BCUT2D eigenvalue weighted by Gasteiger charge is 2.43. The van der Waals surface area contributed by atoms with Gasteiger partial charge in [0.1, 0.15) is 0 Å². The van der Waals surface area contributed by atoms with Gasteiger partial charge in [0, 0.05) is 26.2 Å². The molecule has 0 aromatic heterocycles. The normalized spacial score (nSPS) is 21.3. The summed E-state index contributed by atoms with van der Waals surface area (Å²) >= 11 is 0. The van der Waals surface area contributed by atoms with Crippen LogP contribution in [0.15, 0.2) is 4.99 Å². The zero-order valence-electron chi connectivity index (χ0n) is 13.3. The fourth-order valence-electron chi connectivity index (χ4n) is 3.19. The third-order valence-corrected chi connectivity index (χ3v) is 4.63. The summed E-state index contributed by atoms with van der Waals surface area (Å²) in [7, 11) is 0. The summed E-state index contributed by atoms with van der Waals surface area (Å²) < 4.78 is 5.59. The highest BCUT2D eigenvalue weighted by Crippen LogP contribution is 2.47. The predicted molar refractivity (Wildman–Crippen MR) is 84.2 cm³/mol. The van der Waals surface area contributed by atoms with Crippen LogP contribution in [0.4, 0.5) is 0 Å². The molecule has 1 heterocycles. The molecule has 1 aliphatic carbocycles. The van der Waals surface area contributed by atoms with Crippen molar-refractivity contribution in [2.75, 3.05) is 39.4 Å². The van der Waals surface area contributed by atoms with E-state index in [0.29, 0.717) is 5.41 Å². The molecule has 1 saturated carbocycles. The number of likely N-dealkylation sites (tertiary alicyclic amines) is 1. The van der Waals surface area contributed by atoms with Crippen molar-refractivity contribution in [3.63, 3.8) is 0 Å². The van der Waals surface area contributed by atoms with Crippen LogP contribution in [0.2, 0.25) is 0 Å². The molecule has 0 bridgehead atoms. The Morgan fingerprint density at radius 1 is 1.25 bits per heavy atom. The van der Waals surface area contributed by atoms with E-state index >= 15 is 0 Å². The number of hydrogen-bond acceptors (Lipinski definition) is 2. The van der Waals surface area contributed by atoms with Gasteiger partial charge in [0.2, 0.25) is 0 Å². The Morgan fingerprint density at radius 2 is 2.10 bits per heavy atom. The number of nitrogens with zero attached hydrogens (tertiary/aromatic N) is 2. The van der Waals surface area contributed by atoms with Crippen LogP contribution >= 0.6 is 0 Å². The summed E-state index contributed by atoms with van der Waals surface area (Å²) in [6, 6.07) is 0. The lowest BCUT2D eigenvalue weighted by molar-refractivity contribution is 0.138. The van der Waals surface area contributed by atoms with Gasteiger partial charge in [-0.05, 0) is 38.0 Å². The fraction of sp³-hybridized carbons (Fsp3) is 0.938. The van der Waals surface area contributed by atoms with Crippen LogP contribution < -0.4 is 5.32 Å². The van der Waals surface area contributed by atoms with Gasteiger partial charge in [0.15, 0.2) is 5.96 Å². The first-order valence-corrected chi connectivity index (χ1v) is 8.41. The summed E-state index contributed by atoms with van der Waals surface area (Å²) in [4.78, 5) is 7.18. The van der Waals surface area contributed by atoms with Crippen molar-refractivity contribution < 1.29 is 4.74 Å². The van der Waals surface area contributed by atoms with Crippen molar-refractivity contribution in [1.82, 2.24) is 10.2 Å². The molecule has 1 saturated heterocycles. The molecule has 2 fully saturated rings. The second-order valence-corrected chi connectivity index (χ2v) is 6.23. The molecule has 0 amide bonds. The molecule has 2 rings (SSSR count). The van der Waals surface area contributed by atoms with Gasteiger partial charge in [-0.25, -0.2) is 0 Å². The molecule has 0 radical (unpaired) electrons. The van der Waals surface area contributed by atoms with E-state index in [1.165, 1.54) is 45.2 Å². The zero-order chi connectivity index (χ0) is 14.3. The Labute approximate surface area is 124 Å². The molecular formula is C16H31N3O. The Morgan fingerprint density at radius 3 is 2.70 bits per heavy atom. The van der Waals surface area contributed by atoms with Crippen LogP contribution in [-0.2, 0) is 4.74 Å². The standard InChI is InChI=1S/C16H31N3O/c1-3-5-12-20-13-10-18-15(17-4-2)19-11-9-16(14-19)7-6-8-16/h3-14H2,1-2H3,(H,17,18). The van der Waals surface area contributed by atoms with Gasteiger partial charge in [0.05, 0.1) is 13.2 Å². The average molecular weight is 281 g/mol. The van der Waals surface area contributed by atoms with E-state index in [0.717, 1.165) is 38.7 Å². The van der Waals surface area contributed by atoms with Gasteiger partial charge in [-0.15, -0.1) is 0 Å². The van der Waals surface area contributed by atoms with Crippen molar-refractivity contribution >= 4 is 5.96 Å². The average Bonchev–Trinajstić information content (AvgIpc) is 2.87. The first-order valence-electron chi connectivity index (χ1n) is 8.41. The summed E-state index contributed by atoms with van der Waals surface area (Å²) in [6.07, 6.45) is 7.96. The summed E-state index contributed by atoms with van der Waals surface area (Å²) in [5.74, 6) is 1.09. The summed E-state index contributed by atoms with van der Waals surface area (Å²) in [5.41, 5.74) is 0.633. The van der Waals surface area contributed by atoms with Crippen molar-refractivity contribution in [1.29, 1.82) is 0 Å². The highest BCUT2D eigenvalue weighted by atomic mass is 16.5. The quantitative estimate of drug-likeness (QED) is 0.443. The Hall–Kier alpha value is -0.770. The third-order valence-electron chi connectivity index (χ3n) is 4.63. The smallest absolute Gasteiger partial charge is 0.194 e. The van der Waals surface area contributed by atoms with Crippen molar-refractivity contribution in [2.24, 2.45) is 10.4 Å². The number of nitrogens with one attached hydrogen (secondary N) is 1. The SMILES string of the molecule is CCCCOCCN=C(NCC)N1CCC2(CCC2)C1. The lowest BCUT2D eigenvalue weighted by atomic mass is 9.68. The van der Waals surface area contributed by atoms with Gasteiger partial charge in [-0.3, -0.25) is 4.99 Å². The Bertz CT molecular complexity index is 313.